The minimum absolute atomic E-state index is 1.06. The van der Waals surface area contributed by atoms with Crippen molar-refractivity contribution in [2.75, 3.05) is 18.0 Å². The fourth-order valence-corrected chi connectivity index (χ4v) is 4.48. The fourth-order valence-electron chi connectivity index (χ4n) is 4.48. The molecule has 0 heterocycles. The third-order valence-electron chi connectivity index (χ3n) is 6.42. The van der Waals surface area contributed by atoms with E-state index >= 15 is 0 Å². The lowest BCUT2D eigenvalue weighted by Gasteiger charge is -2.23. The van der Waals surface area contributed by atoms with Crippen molar-refractivity contribution in [3.05, 3.63) is 125 Å². The summed E-state index contributed by atoms with van der Waals surface area (Å²) in [4.78, 5) is 2.46. The number of anilines is 1. The molecule has 2 aromatic rings. The number of aryl methyl sites for hydroxylation is 3. The number of nitrogens with zero attached hydrogens (tertiary/aromatic N) is 1. The topological polar surface area (TPSA) is 3.24 Å². The Kier molecular flexibility index (Phi) is 21.0. The fraction of sp³-hybridized carbons (Fsp3) is 0.436. The van der Waals surface area contributed by atoms with Crippen molar-refractivity contribution in [2.24, 2.45) is 0 Å². The van der Waals surface area contributed by atoms with Gasteiger partial charge >= 0.3 is 0 Å². The van der Waals surface area contributed by atoms with E-state index in [9.17, 15) is 0 Å². The van der Waals surface area contributed by atoms with Gasteiger partial charge in [0.15, 0.2) is 0 Å². The van der Waals surface area contributed by atoms with Gasteiger partial charge in [-0.05, 0) is 108 Å². The lowest BCUT2D eigenvalue weighted by atomic mass is 9.92. The van der Waals surface area contributed by atoms with Crippen LogP contribution in [0.4, 0.5) is 5.69 Å². The highest BCUT2D eigenvalue weighted by molar-refractivity contribution is 5.47. The van der Waals surface area contributed by atoms with Crippen LogP contribution in [-0.4, -0.2) is 13.1 Å². The SMILES string of the molecule is C=C(C)\C=C/C(=C/C)C(/C)=C\C(=C)C.CC.CCCN(CCC)c1ccc(C)cc1.c1ccc2c(c1)CCCC2. The van der Waals surface area contributed by atoms with Crippen LogP contribution in [0.5, 0.6) is 0 Å². The van der Waals surface area contributed by atoms with Gasteiger partial charge < -0.3 is 4.90 Å². The van der Waals surface area contributed by atoms with E-state index in [1.54, 1.807) is 11.1 Å². The molecule has 1 heteroatoms. The highest BCUT2D eigenvalue weighted by Gasteiger charge is 2.06. The van der Waals surface area contributed by atoms with Gasteiger partial charge in [0, 0.05) is 18.8 Å². The molecule has 0 saturated carbocycles. The Morgan fingerprint density at radius 3 is 1.68 bits per heavy atom. The minimum atomic E-state index is 1.06. The molecule has 1 aliphatic rings. The molecule has 40 heavy (non-hydrogen) atoms. The lowest BCUT2D eigenvalue weighted by molar-refractivity contribution is 0.685. The molecule has 0 aromatic heterocycles. The second-order valence-corrected chi connectivity index (χ2v) is 10.4. The van der Waals surface area contributed by atoms with Crippen LogP contribution in [0.25, 0.3) is 0 Å². The number of benzene rings is 2. The van der Waals surface area contributed by atoms with Crippen molar-refractivity contribution < 1.29 is 0 Å². The highest BCUT2D eigenvalue weighted by atomic mass is 15.1. The summed E-state index contributed by atoms with van der Waals surface area (Å²) in [5.74, 6) is 0. The Hall–Kier alpha value is -3.06. The molecule has 0 spiro atoms. The molecule has 0 atom stereocenters. The van der Waals surface area contributed by atoms with Crippen LogP contribution in [0.3, 0.4) is 0 Å². The average molecular weight is 542 g/mol. The van der Waals surface area contributed by atoms with Crippen molar-refractivity contribution in [1.29, 1.82) is 0 Å². The van der Waals surface area contributed by atoms with E-state index in [-0.39, 0.29) is 0 Å². The first-order valence-electron chi connectivity index (χ1n) is 15.4. The molecule has 3 rings (SSSR count). The zero-order valence-corrected chi connectivity index (χ0v) is 27.4. The standard InChI is InChI=1S/C14H20.C13H21N.C10H12.C2H6/c1-7-14(9-8-11(2)3)13(6)10-12(4)5;1-4-10-14(11-5-2)13-8-6-12(3)7-9-13;1-2-6-10-8-4-3-7-9(10)5-1;1-2/h7-10H,2,4H2,1,3,5-6H3;6-9H,4-5,10-11H2,1-3H3;1-2,5-6H,3-4,7-8H2;1-2H3/b9-8-,13-10-,14-7-;;;. The smallest absolute Gasteiger partial charge is 0.0366 e. The molecule has 0 unspecified atom stereocenters. The van der Waals surface area contributed by atoms with Gasteiger partial charge in [0.25, 0.3) is 0 Å². The van der Waals surface area contributed by atoms with Gasteiger partial charge in [-0.2, -0.15) is 0 Å². The number of hydrogen-bond acceptors (Lipinski definition) is 1. The number of allylic oxidation sites excluding steroid dienone is 8. The molecular weight excluding hydrogens is 482 g/mol. The van der Waals surface area contributed by atoms with Crippen LogP contribution in [0, 0.1) is 6.92 Å². The van der Waals surface area contributed by atoms with Crippen LogP contribution < -0.4 is 4.90 Å². The van der Waals surface area contributed by atoms with E-state index in [0.717, 1.165) is 24.2 Å². The zero-order valence-electron chi connectivity index (χ0n) is 27.4. The summed E-state index contributed by atoms with van der Waals surface area (Å²) in [5, 5.41) is 0. The van der Waals surface area contributed by atoms with E-state index in [1.165, 1.54) is 60.9 Å². The van der Waals surface area contributed by atoms with E-state index in [4.69, 9.17) is 0 Å². The highest BCUT2D eigenvalue weighted by Crippen LogP contribution is 2.20. The maximum atomic E-state index is 3.86. The monoisotopic (exact) mass is 541 g/mol. The predicted octanol–water partition coefficient (Wildman–Crippen LogP) is 11.8. The zero-order chi connectivity index (χ0) is 30.3. The second-order valence-electron chi connectivity index (χ2n) is 10.4. The number of rotatable bonds is 9. The van der Waals surface area contributed by atoms with Gasteiger partial charge in [0.1, 0.15) is 0 Å². The molecule has 0 saturated heterocycles. The van der Waals surface area contributed by atoms with Crippen molar-refractivity contribution in [2.45, 2.75) is 101 Å². The maximum Gasteiger partial charge on any atom is 0.0366 e. The molecule has 1 aliphatic carbocycles. The molecule has 220 valence electrons. The van der Waals surface area contributed by atoms with Crippen LogP contribution in [-0.2, 0) is 12.8 Å². The molecule has 0 bridgehead atoms. The van der Waals surface area contributed by atoms with Gasteiger partial charge in [0.2, 0.25) is 0 Å². The number of fused-ring (bicyclic) bond motifs is 1. The molecule has 2 aromatic carbocycles. The van der Waals surface area contributed by atoms with E-state index in [1.807, 2.05) is 40.7 Å². The molecule has 0 N–H and O–H groups in total. The molecule has 1 nitrogen and oxygen atoms in total. The van der Waals surface area contributed by atoms with Crippen LogP contribution in [0.1, 0.15) is 97.8 Å². The first-order chi connectivity index (χ1) is 19.2. The van der Waals surface area contributed by atoms with Crippen LogP contribution in [0.2, 0.25) is 0 Å². The third-order valence-corrected chi connectivity index (χ3v) is 6.42. The predicted molar refractivity (Wildman–Crippen MR) is 185 cm³/mol. The first-order valence-corrected chi connectivity index (χ1v) is 15.4. The third kappa shape index (κ3) is 16.1. The largest absolute Gasteiger partial charge is 0.372 e. The minimum Gasteiger partial charge on any atom is -0.372 e. The van der Waals surface area contributed by atoms with Crippen molar-refractivity contribution in [1.82, 2.24) is 0 Å². The normalized spacial score (nSPS) is 12.5. The summed E-state index contributed by atoms with van der Waals surface area (Å²) in [5.41, 5.74) is 10.4. The Bertz CT molecular complexity index is 1030. The van der Waals surface area contributed by atoms with Gasteiger partial charge in [-0.3, -0.25) is 0 Å². The summed E-state index contributed by atoms with van der Waals surface area (Å²) >= 11 is 0. The Morgan fingerprint density at radius 1 is 0.775 bits per heavy atom. The Labute approximate surface area is 249 Å². The molecular formula is C39H59N. The molecule has 0 aliphatic heterocycles. The number of hydrogen-bond donors (Lipinski definition) is 0. The summed E-state index contributed by atoms with van der Waals surface area (Å²) in [6.45, 7) is 28.7. The van der Waals surface area contributed by atoms with Gasteiger partial charge in [-0.25, -0.2) is 0 Å². The summed E-state index contributed by atoms with van der Waals surface area (Å²) < 4.78 is 0. The molecule has 0 fully saturated rings. The Balaban J connectivity index is 0.000000558. The average Bonchev–Trinajstić information content (AvgIpc) is 2.95. The summed E-state index contributed by atoms with van der Waals surface area (Å²) in [7, 11) is 0. The van der Waals surface area contributed by atoms with Crippen LogP contribution >= 0.6 is 0 Å². The first kappa shape index (κ1) is 36.9. The summed E-state index contributed by atoms with van der Waals surface area (Å²) in [6, 6.07) is 17.6. The van der Waals surface area contributed by atoms with E-state index in [0.29, 0.717) is 0 Å². The second kappa shape index (κ2) is 22.7. The maximum absolute atomic E-state index is 3.86. The lowest BCUT2D eigenvalue weighted by Crippen LogP contribution is -2.24. The van der Waals surface area contributed by atoms with Gasteiger partial charge in [0.05, 0.1) is 0 Å². The Morgan fingerprint density at radius 2 is 1.27 bits per heavy atom. The molecule has 0 amide bonds. The van der Waals surface area contributed by atoms with Crippen molar-refractivity contribution >= 4 is 5.69 Å². The molecule has 0 radical (unpaired) electrons. The van der Waals surface area contributed by atoms with Crippen LogP contribution in [0.15, 0.2) is 108 Å². The van der Waals surface area contributed by atoms with Gasteiger partial charge in [-0.15, -0.1) is 0 Å². The quantitative estimate of drug-likeness (QED) is 0.285. The van der Waals surface area contributed by atoms with Crippen molar-refractivity contribution in [3.8, 4) is 0 Å². The van der Waals surface area contributed by atoms with Gasteiger partial charge in [-0.1, -0.05) is 118 Å². The van der Waals surface area contributed by atoms with Crippen molar-refractivity contribution in [3.63, 3.8) is 0 Å². The summed E-state index contributed by atoms with van der Waals surface area (Å²) in [6.07, 6.45) is 16.1. The van der Waals surface area contributed by atoms with E-state index < -0.39 is 0 Å². The van der Waals surface area contributed by atoms with E-state index in [2.05, 4.69) is 113 Å².